The molecule has 0 spiro atoms. The summed E-state index contributed by atoms with van der Waals surface area (Å²) < 4.78 is 7.47. The highest BCUT2D eigenvalue weighted by atomic mass is 127. The van der Waals surface area contributed by atoms with E-state index in [0.717, 1.165) is 73.1 Å². The molecule has 0 unspecified atom stereocenters. The van der Waals surface area contributed by atoms with Gasteiger partial charge in [0.2, 0.25) is 11.8 Å². The zero-order valence-electron chi connectivity index (χ0n) is 41.5. The molecule has 1 atom stereocenters. The number of nitrogens with zero attached hydrogens (tertiary/aromatic N) is 5. The lowest BCUT2D eigenvalue weighted by atomic mass is 9.85. The first kappa shape index (κ1) is 53.9. The van der Waals surface area contributed by atoms with E-state index in [-0.39, 0.29) is 30.7 Å². The van der Waals surface area contributed by atoms with Gasteiger partial charge in [0.25, 0.3) is 17.7 Å². The number of hydrogen-bond acceptors (Lipinski definition) is 9. The van der Waals surface area contributed by atoms with Gasteiger partial charge in [-0.3, -0.25) is 39.1 Å². The van der Waals surface area contributed by atoms with Crippen LogP contribution in [0.15, 0.2) is 91.0 Å². The van der Waals surface area contributed by atoms with Gasteiger partial charge in [0.05, 0.1) is 19.1 Å². The Kier molecular flexibility index (Phi) is 18.6. The number of carboxylic acid groups (broad SMARTS) is 1. The third kappa shape index (κ3) is 13.9. The smallest absolute Gasteiger partial charge is 0.335 e. The van der Waals surface area contributed by atoms with Crippen LogP contribution in [-0.4, -0.2) is 143 Å². The van der Waals surface area contributed by atoms with Crippen LogP contribution >= 0.6 is 45.2 Å². The minimum atomic E-state index is -1.36. The number of halogens is 2. The van der Waals surface area contributed by atoms with Gasteiger partial charge in [0.15, 0.2) is 0 Å². The van der Waals surface area contributed by atoms with Gasteiger partial charge in [-0.05, 0) is 161 Å². The van der Waals surface area contributed by atoms with Gasteiger partial charge in [0.1, 0.15) is 11.2 Å². The van der Waals surface area contributed by atoms with Crippen LogP contribution in [0.5, 0.6) is 5.75 Å². The van der Waals surface area contributed by atoms with Gasteiger partial charge in [0, 0.05) is 107 Å². The number of imide groups is 1. The molecule has 10 rings (SSSR count). The van der Waals surface area contributed by atoms with Crippen molar-refractivity contribution in [2.75, 3.05) is 66.0 Å². The minimum Gasteiger partial charge on any atom is -0.497 e. The predicted octanol–water partition coefficient (Wildman–Crippen LogP) is 8.20. The number of aromatic carboxylic acids is 1. The van der Waals surface area contributed by atoms with E-state index in [9.17, 15) is 28.8 Å². The molecule has 0 bridgehead atoms. The van der Waals surface area contributed by atoms with E-state index in [4.69, 9.17) is 9.84 Å². The second-order valence-corrected chi connectivity index (χ2v) is 22.2. The first-order valence-corrected chi connectivity index (χ1v) is 27.7. The molecule has 2 N–H and O–H groups in total. The largest absolute Gasteiger partial charge is 0.497 e. The second-order valence-electron chi connectivity index (χ2n) is 19.7. The number of carboxylic acids is 1. The second kappa shape index (κ2) is 25.2. The van der Waals surface area contributed by atoms with Crippen molar-refractivity contribution in [2.45, 2.75) is 89.3 Å². The molecule has 2 saturated carbocycles. The lowest BCUT2D eigenvalue weighted by Crippen LogP contribution is -2.52. The highest BCUT2D eigenvalue weighted by Gasteiger charge is 2.48. The van der Waals surface area contributed by atoms with E-state index in [1.54, 1.807) is 72.7 Å². The average molecular weight is 1210 g/mol. The Morgan fingerprint density at radius 2 is 1.14 bits per heavy atom. The van der Waals surface area contributed by atoms with Crippen LogP contribution in [0, 0.1) is 24.4 Å². The molecule has 4 aromatic rings. The molecule has 6 aliphatic rings. The molecule has 0 aromatic heterocycles. The van der Waals surface area contributed by atoms with Gasteiger partial charge < -0.3 is 24.5 Å². The molecule has 2 aliphatic carbocycles. The maximum atomic E-state index is 13.2. The van der Waals surface area contributed by atoms with Crippen molar-refractivity contribution in [3.05, 3.63) is 132 Å². The third-order valence-electron chi connectivity index (χ3n) is 15.0. The van der Waals surface area contributed by atoms with Crippen LogP contribution in [0.2, 0.25) is 0 Å². The molecule has 73 heavy (non-hydrogen) atoms. The number of piperazine rings is 2. The van der Waals surface area contributed by atoms with Crippen LogP contribution in [0.3, 0.4) is 0 Å². The molecular formula is C57H64I2N6O8. The Hall–Kier alpha value is -5.36. The summed E-state index contributed by atoms with van der Waals surface area (Å²) >= 11 is 4.40. The quantitative estimate of drug-likeness (QED) is 0.100. The van der Waals surface area contributed by atoms with Crippen molar-refractivity contribution in [1.82, 2.24) is 29.8 Å². The summed E-state index contributed by atoms with van der Waals surface area (Å²) in [5.74, 6) is 4.84. The van der Waals surface area contributed by atoms with E-state index >= 15 is 0 Å². The highest BCUT2D eigenvalue weighted by Crippen LogP contribution is 2.34. The summed E-state index contributed by atoms with van der Waals surface area (Å²) in [4.78, 5) is 85.0. The molecule has 0 radical (unpaired) electrons. The van der Waals surface area contributed by atoms with Gasteiger partial charge in [-0.15, -0.1) is 0 Å². The average Bonchev–Trinajstić information content (AvgIpc) is 3.89. The van der Waals surface area contributed by atoms with Crippen molar-refractivity contribution in [3.63, 3.8) is 0 Å². The molecule has 4 aromatic carbocycles. The zero-order chi connectivity index (χ0) is 51.5. The number of carbonyl (C=O) groups is 6. The van der Waals surface area contributed by atoms with Crippen LogP contribution < -0.4 is 10.1 Å². The molecule has 5 fully saturated rings. The van der Waals surface area contributed by atoms with Gasteiger partial charge in [-0.25, -0.2) is 4.79 Å². The number of hydrogen-bond donors (Lipinski definition) is 2. The first-order valence-electron chi connectivity index (χ1n) is 25.5. The normalized spacial score (nSPS) is 20.6. The first-order chi connectivity index (χ1) is 35.3. The van der Waals surface area contributed by atoms with E-state index in [1.807, 2.05) is 40.1 Å². The van der Waals surface area contributed by atoms with Crippen molar-refractivity contribution >= 4 is 80.7 Å². The van der Waals surface area contributed by atoms with Crippen LogP contribution in [0.25, 0.3) is 0 Å². The number of ether oxygens (including phenoxy) is 1. The van der Waals surface area contributed by atoms with E-state index in [2.05, 4.69) is 72.1 Å². The number of nitrogens with one attached hydrogen (secondary N) is 1. The van der Waals surface area contributed by atoms with Gasteiger partial charge in [-0.2, -0.15) is 0 Å². The van der Waals surface area contributed by atoms with E-state index in [1.165, 1.54) is 67.8 Å². The fraction of sp³-hybridized carbons (Fsp3) is 0.439. The minimum absolute atomic E-state index is 0.00317. The molecule has 5 amide bonds. The van der Waals surface area contributed by atoms with Gasteiger partial charge >= 0.3 is 5.97 Å². The molecule has 3 saturated heterocycles. The lowest BCUT2D eigenvalue weighted by Gasteiger charge is -2.40. The maximum Gasteiger partial charge on any atom is 0.335 e. The molecule has 4 heterocycles. The SMILES string of the molecule is COc1ccc2c(c1)C(=O)N(C[C@@]1(C#Cc3ccc(C(=O)N4CCN(C5CCCCC5)CC4)cc3)CC(=O)NC1=O)C2.O=C(O)c1ccc(I)cc1.O=C(c1ccc(I)cc1)N1CCN(C2CCCCC2)CC1. The molecule has 16 heteroatoms. The van der Waals surface area contributed by atoms with Gasteiger partial charge in [-0.1, -0.05) is 56.4 Å². The summed E-state index contributed by atoms with van der Waals surface area (Å²) in [7, 11) is 1.54. The van der Waals surface area contributed by atoms with Crippen LogP contribution in [0.4, 0.5) is 0 Å². The number of carbonyl (C=O) groups excluding carboxylic acids is 5. The van der Waals surface area contributed by atoms with Crippen LogP contribution in [0.1, 0.15) is 123 Å². The third-order valence-corrected chi connectivity index (χ3v) is 16.4. The summed E-state index contributed by atoms with van der Waals surface area (Å²) in [5.41, 5.74) is 2.39. The molecule has 4 aliphatic heterocycles. The number of amides is 5. The van der Waals surface area contributed by atoms with Crippen LogP contribution in [-0.2, 0) is 16.1 Å². The number of benzene rings is 4. The van der Waals surface area contributed by atoms with Crippen molar-refractivity contribution in [3.8, 4) is 17.6 Å². The fourth-order valence-corrected chi connectivity index (χ4v) is 11.5. The Morgan fingerprint density at radius 1 is 0.658 bits per heavy atom. The number of rotatable bonds is 8. The predicted molar refractivity (Wildman–Crippen MR) is 295 cm³/mol. The topological polar surface area (TPSA) is 160 Å². The van der Waals surface area contributed by atoms with E-state index in [0.29, 0.717) is 40.6 Å². The lowest BCUT2D eigenvalue weighted by molar-refractivity contribution is -0.127. The Bertz CT molecular complexity index is 2680. The fourth-order valence-electron chi connectivity index (χ4n) is 10.7. The summed E-state index contributed by atoms with van der Waals surface area (Å²) in [6.45, 7) is 7.46. The summed E-state index contributed by atoms with van der Waals surface area (Å²) in [5, 5.41) is 10.8. The number of methoxy groups -OCH3 is 1. The van der Waals surface area contributed by atoms with E-state index < -0.39 is 23.2 Å². The maximum absolute atomic E-state index is 13.2. The standard InChI is InChI=1S/C33H36N4O5.C17H23IN2O.C7H5IO2/c1-42-27-12-11-25-21-37(31(40)28(25)19-27)22-33(20-29(38)34-32(33)41)14-13-23-7-9-24(10-8-23)30(39)36-17-15-35(16-18-36)26-5-3-2-4-6-26;18-15-8-6-14(7-9-15)17(21)20-12-10-19(11-13-20)16-4-2-1-3-5-16;8-6-3-1-5(2-4-6)7(9)10/h7-12,19,26H,2-6,15-18,20-22H2,1H3,(H,34,38,41);6-9,16H,1-5,10-13H2;1-4H,(H,9,10)/t33-;;/m1../s1. The number of fused-ring (bicyclic) bond motifs is 1. The Morgan fingerprint density at radius 3 is 1.59 bits per heavy atom. The van der Waals surface area contributed by atoms with Crippen molar-refractivity contribution in [2.24, 2.45) is 5.41 Å². The summed E-state index contributed by atoms with van der Waals surface area (Å²) in [6.07, 6.45) is 13.2. The Labute approximate surface area is 455 Å². The van der Waals surface area contributed by atoms with Crippen molar-refractivity contribution < 1.29 is 38.6 Å². The zero-order valence-corrected chi connectivity index (χ0v) is 45.8. The molecule has 14 nitrogen and oxygen atoms in total. The summed E-state index contributed by atoms with van der Waals surface area (Å²) in [6, 6.07) is 28.4. The monoisotopic (exact) mass is 1210 g/mol. The molecular weight excluding hydrogens is 1150 g/mol. The molecule has 384 valence electrons. The van der Waals surface area contributed by atoms with Crippen molar-refractivity contribution in [1.29, 1.82) is 0 Å². The Balaban J connectivity index is 0.000000188. The highest BCUT2D eigenvalue weighted by molar-refractivity contribution is 14.1.